The highest BCUT2D eigenvalue weighted by molar-refractivity contribution is 5.78. The fraction of sp³-hybridized carbons (Fsp3) is 0.500. The maximum Gasteiger partial charge on any atom is 0.308 e. The van der Waals surface area contributed by atoms with E-state index in [0.717, 1.165) is 16.9 Å². The molecule has 0 aliphatic carbocycles. The number of likely N-dealkylation sites (tertiary alicyclic amines) is 1. The van der Waals surface area contributed by atoms with E-state index in [4.69, 9.17) is 9.84 Å². The van der Waals surface area contributed by atoms with Gasteiger partial charge in [-0.25, -0.2) is 0 Å². The van der Waals surface area contributed by atoms with Gasteiger partial charge in [0.1, 0.15) is 5.75 Å². The van der Waals surface area contributed by atoms with Crippen LogP contribution >= 0.6 is 0 Å². The van der Waals surface area contributed by atoms with Gasteiger partial charge in [0.2, 0.25) is 5.91 Å². The molecule has 21 heavy (non-hydrogen) atoms. The molecule has 2 rings (SSSR count). The van der Waals surface area contributed by atoms with Crippen LogP contribution in [0.4, 0.5) is 0 Å². The molecule has 1 atom stereocenters. The second kappa shape index (κ2) is 6.61. The Hall–Kier alpha value is -2.04. The predicted octanol–water partition coefficient (Wildman–Crippen LogP) is 2.01. The minimum Gasteiger partial charge on any atom is -0.493 e. The van der Waals surface area contributed by atoms with Crippen LogP contribution in [0.5, 0.6) is 5.75 Å². The van der Waals surface area contributed by atoms with Crippen molar-refractivity contribution < 1.29 is 19.4 Å². The molecule has 1 heterocycles. The van der Waals surface area contributed by atoms with Crippen molar-refractivity contribution in [2.24, 2.45) is 5.92 Å². The topological polar surface area (TPSA) is 66.8 Å². The summed E-state index contributed by atoms with van der Waals surface area (Å²) in [6, 6.07) is 5.84. The molecule has 1 N–H and O–H groups in total. The fourth-order valence-electron chi connectivity index (χ4n) is 2.48. The molecule has 0 spiro atoms. The number of carboxylic acid groups (broad SMARTS) is 1. The number of aliphatic carboxylic acids is 1. The van der Waals surface area contributed by atoms with Gasteiger partial charge in [-0.2, -0.15) is 0 Å². The first-order chi connectivity index (χ1) is 9.99. The van der Waals surface area contributed by atoms with Crippen molar-refractivity contribution in [3.8, 4) is 5.75 Å². The Kier molecular flexibility index (Phi) is 4.83. The zero-order valence-corrected chi connectivity index (χ0v) is 12.5. The summed E-state index contributed by atoms with van der Waals surface area (Å²) < 4.78 is 5.66. The number of carbonyl (C=O) groups excluding carboxylic acids is 1. The van der Waals surface area contributed by atoms with E-state index in [9.17, 15) is 9.59 Å². The molecule has 0 saturated carbocycles. The molecular weight excluding hydrogens is 270 g/mol. The van der Waals surface area contributed by atoms with Crippen LogP contribution in [0, 0.1) is 19.8 Å². The molecule has 0 bridgehead atoms. The molecule has 1 aliphatic heterocycles. The summed E-state index contributed by atoms with van der Waals surface area (Å²) in [6.45, 7) is 5.17. The van der Waals surface area contributed by atoms with E-state index in [1.807, 2.05) is 32.0 Å². The normalized spacial score (nSPS) is 17.8. The highest BCUT2D eigenvalue weighted by Gasteiger charge is 2.30. The van der Waals surface area contributed by atoms with Gasteiger partial charge in [0.05, 0.1) is 18.9 Å². The van der Waals surface area contributed by atoms with Crippen molar-refractivity contribution in [2.45, 2.75) is 26.7 Å². The standard InChI is InChI=1S/C16H21NO4/c1-11-4-3-5-14(12(11)2)21-9-7-15(18)17-8-6-13(10-17)16(19)20/h3-5,13H,6-10H2,1-2H3,(H,19,20). The fourth-order valence-corrected chi connectivity index (χ4v) is 2.48. The average molecular weight is 291 g/mol. The highest BCUT2D eigenvalue weighted by atomic mass is 16.5. The first-order valence-corrected chi connectivity index (χ1v) is 7.18. The lowest BCUT2D eigenvalue weighted by molar-refractivity contribution is -0.141. The maximum absolute atomic E-state index is 12.0. The van der Waals surface area contributed by atoms with E-state index in [1.54, 1.807) is 4.90 Å². The van der Waals surface area contributed by atoms with Gasteiger partial charge >= 0.3 is 5.97 Å². The molecule has 1 saturated heterocycles. The summed E-state index contributed by atoms with van der Waals surface area (Å²) in [5.41, 5.74) is 2.24. The number of benzene rings is 1. The number of carboxylic acids is 1. The van der Waals surface area contributed by atoms with E-state index in [-0.39, 0.29) is 12.3 Å². The van der Waals surface area contributed by atoms with Gasteiger partial charge in [0.15, 0.2) is 0 Å². The number of ether oxygens (including phenoxy) is 1. The third-order valence-electron chi connectivity index (χ3n) is 4.02. The number of aryl methyl sites for hydroxylation is 1. The summed E-state index contributed by atoms with van der Waals surface area (Å²) in [7, 11) is 0. The smallest absolute Gasteiger partial charge is 0.308 e. The molecule has 1 aliphatic rings. The first-order valence-electron chi connectivity index (χ1n) is 7.18. The van der Waals surface area contributed by atoms with Gasteiger partial charge in [0, 0.05) is 13.1 Å². The minimum atomic E-state index is -0.822. The molecule has 114 valence electrons. The van der Waals surface area contributed by atoms with Gasteiger partial charge in [-0.1, -0.05) is 12.1 Å². The molecule has 5 heteroatoms. The first kappa shape index (κ1) is 15.4. The van der Waals surface area contributed by atoms with E-state index in [0.29, 0.717) is 26.1 Å². The second-order valence-corrected chi connectivity index (χ2v) is 5.46. The SMILES string of the molecule is Cc1cccc(OCCC(=O)N2CCC(C(=O)O)C2)c1C. The van der Waals surface area contributed by atoms with Crippen LogP contribution in [0.15, 0.2) is 18.2 Å². The van der Waals surface area contributed by atoms with Gasteiger partial charge in [-0.3, -0.25) is 9.59 Å². The lowest BCUT2D eigenvalue weighted by atomic mass is 10.1. The number of carbonyl (C=O) groups is 2. The number of hydrogen-bond acceptors (Lipinski definition) is 3. The molecule has 1 fully saturated rings. The third kappa shape index (κ3) is 3.74. The van der Waals surface area contributed by atoms with Crippen LogP contribution in [0.2, 0.25) is 0 Å². The van der Waals surface area contributed by atoms with E-state index >= 15 is 0 Å². The Bertz CT molecular complexity index is 541. The lowest BCUT2D eigenvalue weighted by Crippen LogP contribution is -2.30. The lowest BCUT2D eigenvalue weighted by Gasteiger charge is -2.16. The van der Waals surface area contributed by atoms with Crippen molar-refractivity contribution in [3.05, 3.63) is 29.3 Å². The van der Waals surface area contributed by atoms with E-state index in [1.165, 1.54) is 0 Å². The Morgan fingerprint density at radius 3 is 2.81 bits per heavy atom. The molecule has 1 unspecified atom stereocenters. The molecular formula is C16H21NO4. The number of hydrogen-bond donors (Lipinski definition) is 1. The second-order valence-electron chi connectivity index (χ2n) is 5.46. The number of nitrogens with zero attached hydrogens (tertiary/aromatic N) is 1. The minimum absolute atomic E-state index is 0.0379. The summed E-state index contributed by atoms with van der Waals surface area (Å²) in [5, 5.41) is 8.93. The van der Waals surface area contributed by atoms with Crippen LogP contribution in [0.25, 0.3) is 0 Å². The molecule has 5 nitrogen and oxygen atoms in total. The summed E-state index contributed by atoms with van der Waals surface area (Å²) in [6.07, 6.45) is 0.818. The van der Waals surface area contributed by atoms with E-state index in [2.05, 4.69) is 0 Å². The van der Waals surface area contributed by atoms with Crippen molar-refractivity contribution >= 4 is 11.9 Å². The number of amides is 1. The van der Waals surface area contributed by atoms with Crippen molar-refractivity contribution in [3.63, 3.8) is 0 Å². The average Bonchev–Trinajstić information content (AvgIpc) is 2.93. The Morgan fingerprint density at radius 1 is 1.38 bits per heavy atom. The van der Waals surface area contributed by atoms with Crippen LogP contribution in [0.1, 0.15) is 24.0 Å². The van der Waals surface area contributed by atoms with Crippen molar-refractivity contribution in [1.29, 1.82) is 0 Å². The van der Waals surface area contributed by atoms with E-state index < -0.39 is 11.9 Å². The Morgan fingerprint density at radius 2 is 2.14 bits per heavy atom. The zero-order valence-electron chi connectivity index (χ0n) is 12.5. The largest absolute Gasteiger partial charge is 0.493 e. The van der Waals surface area contributed by atoms with Gasteiger partial charge in [0.25, 0.3) is 0 Å². The molecule has 1 aromatic rings. The zero-order chi connectivity index (χ0) is 15.4. The molecule has 1 aromatic carbocycles. The van der Waals surface area contributed by atoms with Crippen LogP contribution in [-0.2, 0) is 9.59 Å². The van der Waals surface area contributed by atoms with Crippen molar-refractivity contribution in [1.82, 2.24) is 4.90 Å². The Labute approximate surface area is 124 Å². The summed E-state index contributed by atoms with van der Waals surface area (Å²) in [4.78, 5) is 24.5. The van der Waals surface area contributed by atoms with Gasteiger partial charge in [-0.15, -0.1) is 0 Å². The van der Waals surface area contributed by atoms with Gasteiger partial charge < -0.3 is 14.7 Å². The van der Waals surface area contributed by atoms with Gasteiger partial charge in [-0.05, 0) is 37.5 Å². The molecule has 1 amide bonds. The highest BCUT2D eigenvalue weighted by Crippen LogP contribution is 2.21. The van der Waals surface area contributed by atoms with Crippen LogP contribution in [-0.4, -0.2) is 41.6 Å². The third-order valence-corrected chi connectivity index (χ3v) is 4.02. The summed E-state index contributed by atoms with van der Waals surface area (Å²) >= 11 is 0. The molecule has 0 radical (unpaired) electrons. The quantitative estimate of drug-likeness (QED) is 0.901. The number of rotatable bonds is 5. The monoisotopic (exact) mass is 291 g/mol. The van der Waals surface area contributed by atoms with Crippen molar-refractivity contribution in [2.75, 3.05) is 19.7 Å². The maximum atomic E-state index is 12.0. The molecule has 0 aromatic heterocycles. The van der Waals surface area contributed by atoms with Crippen LogP contribution < -0.4 is 4.74 Å². The Balaban J connectivity index is 1.80. The summed E-state index contributed by atoms with van der Waals surface area (Å²) in [5.74, 6) is -0.484. The van der Waals surface area contributed by atoms with Crippen LogP contribution in [0.3, 0.4) is 0 Å². The predicted molar refractivity (Wildman–Crippen MR) is 78.4 cm³/mol.